The van der Waals surface area contributed by atoms with Gasteiger partial charge in [-0.15, -0.1) is 0 Å². The first-order valence-electron chi connectivity index (χ1n) is 6.09. The van der Waals surface area contributed by atoms with Crippen molar-refractivity contribution in [2.24, 2.45) is 0 Å². The molecule has 0 aliphatic heterocycles. The predicted octanol–water partition coefficient (Wildman–Crippen LogP) is 1.69. The summed E-state index contributed by atoms with van der Waals surface area (Å²) in [6.07, 6.45) is 0.178. The topological polar surface area (TPSA) is 98.2 Å². The van der Waals surface area contributed by atoms with Crippen LogP contribution in [0.15, 0.2) is 29.1 Å². The van der Waals surface area contributed by atoms with E-state index in [2.05, 4.69) is 19.9 Å². The Morgan fingerprint density at radius 3 is 2.80 bits per heavy atom. The molecule has 0 fully saturated rings. The van der Waals surface area contributed by atoms with Gasteiger partial charge in [0.05, 0.1) is 29.2 Å². The summed E-state index contributed by atoms with van der Waals surface area (Å²) in [5, 5.41) is 8.74. The number of aryl methyl sites for hydroxylation is 1. The fraction of sp³-hybridized carbons (Fsp3) is 0.143. The minimum Gasteiger partial charge on any atom is -0.306 e. The fourth-order valence-electron chi connectivity index (χ4n) is 2.12. The number of nitriles is 1. The van der Waals surface area contributed by atoms with Crippen molar-refractivity contribution in [2.75, 3.05) is 0 Å². The number of nitrogens with one attached hydrogen (secondary N) is 2. The van der Waals surface area contributed by atoms with Gasteiger partial charge in [-0.25, -0.2) is 14.8 Å². The lowest BCUT2D eigenvalue weighted by molar-refractivity contribution is 0.969. The summed E-state index contributed by atoms with van der Waals surface area (Å²) in [5.41, 5.74) is 3.67. The minimum absolute atomic E-state index is 0.178. The molecule has 1 aromatic carbocycles. The zero-order valence-corrected chi connectivity index (χ0v) is 10.8. The van der Waals surface area contributed by atoms with Gasteiger partial charge in [0.1, 0.15) is 5.82 Å². The van der Waals surface area contributed by atoms with Gasteiger partial charge in [0.2, 0.25) is 0 Å². The molecule has 0 bridgehead atoms. The van der Waals surface area contributed by atoms with Crippen LogP contribution in [-0.4, -0.2) is 19.9 Å². The van der Waals surface area contributed by atoms with Crippen molar-refractivity contribution in [2.45, 2.75) is 13.3 Å². The van der Waals surface area contributed by atoms with E-state index in [4.69, 9.17) is 5.26 Å². The largest absolute Gasteiger partial charge is 0.323 e. The number of benzene rings is 1. The molecule has 0 amide bonds. The molecule has 3 rings (SSSR count). The van der Waals surface area contributed by atoms with Gasteiger partial charge in [0.15, 0.2) is 0 Å². The van der Waals surface area contributed by atoms with Crippen LogP contribution in [0.3, 0.4) is 0 Å². The van der Waals surface area contributed by atoms with Gasteiger partial charge >= 0.3 is 5.69 Å². The molecule has 98 valence electrons. The Labute approximate surface area is 114 Å². The molecule has 6 nitrogen and oxygen atoms in total. The van der Waals surface area contributed by atoms with Crippen molar-refractivity contribution in [1.29, 1.82) is 5.26 Å². The molecule has 0 spiro atoms. The number of hydrogen-bond acceptors (Lipinski definition) is 4. The number of aromatic amines is 2. The van der Waals surface area contributed by atoms with Gasteiger partial charge in [-0.1, -0.05) is 6.07 Å². The molecule has 2 aromatic heterocycles. The minimum atomic E-state index is -0.235. The molecule has 0 radical (unpaired) electrons. The van der Waals surface area contributed by atoms with Gasteiger partial charge in [0, 0.05) is 11.3 Å². The number of nitrogens with zero attached hydrogens (tertiary/aromatic N) is 3. The molecule has 6 heteroatoms. The van der Waals surface area contributed by atoms with Crippen LogP contribution in [-0.2, 0) is 6.42 Å². The third-order valence-electron chi connectivity index (χ3n) is 2.95. The number of rotatable bonds is 2. The van der Waals surface area contributed by atoms with E-state index in [0.717, 1.165) is 28.0 Å². The van der Waals surface area contributed by atoms with Gasteiger partial charge in [-0.2, -0.15) is 5.26 Å². The van der Waals surface area contributed by atoms with Crippen molar-refractivity contribution in [3.8, 4) is 17.3 Å². The van der Waals surface area contributed by atoms with Gasteiger partial charge in [-0.3, -0.25) is 0 Å². The van der Waals surface area contributed by atoms with Gasteiger partial charge < -0.3 is 9.97 Å². The molecule has 0 atom stereocenters. The highest BCUT2D eigenvalue weighted by atomic mass is 16.1. The normalized spacial score (nSPS) is 10.6. The number of hydrogen-bond donors (Lipinski definition) is 2. The quantitative estimate of drug-likeness (QED) is 0.736. The van der Waals surface area contributed by atoms with Crippen LogP contribution >= 0.6 is 0 Å². The third-order valence-corrected chi connectivity index (χ3v) is 2.95. The molecule has 3 aromatic rings. The van der Waals surface area contributed by atoms with Crippen LogP contribution in [0.4, 0.5) is 0 Å². The Balaban J connectivity index is 2.14. The zero-order valence-electron chi connectivity index (χ0n) is 10.8. The molecule has 2 heterocycles. The molecular formula is C14H11N5O. The lowest BCUT2D eigenvalue weighted by atomic mass is 10.1. The molecule has 20 heavy (non-hydrogen) atoms. The fourth-order valence-corrected chi connectivity index (χ4v) is 2.12. The van der Waals surface area contributed by atoms with Crippen molar-refractivity contribution in [3.63, 3.8) is 0 Å². The van der Waals surface area contributed by atoms with Crippen molar-refractivity contribution < 1.29 is 0 Å². The highest BCUT2D eigenvalue weighted by molar-refractivity contribution is 5.80. The summed E-state index contributed by atoms with van der Waals surface area (Å²) in [5.74, 6) is 0.505. The highest BCUT2D eigenvalue weighted by Crippen LogP contribution is 2.21. The van der Waals surface area contributed by atoms with E-state index in [1.165, 1.54) is 0 Å². The maximum absolute atomic E-state index is 11.3. The van der Waals surface area contributed by atoms with Crippen LogP contribution in [0.25, 0.3) is 22.3 Å². The van der Waals surface area contributed by atoms with Crippen molar-refractivity contribution in [1.82, 2.24) is 19.9 Å². The standard InChI is InChI=1S/C14H11N5O/c1-8-6-11(17-13(16-8)4-5-15)9-2-3-10-12(7-9)19-14(20)18-10/h2-3,6-7H,4H2,1H3,(H2,18,19,20). The van der Waals surface area contributed by atoms with Gasteiger partial charge in [0.25, 0.3) is 0 Å². The summed E-state index contributed by atoms with van der Waals surface area (Å²) in [7, 11) is 0. The van der Waals surface area contributed by atoms with E-state index < -0.39 is 0 Å². The second kappa shape index (κ2) is 4.63. The maximum Gasteiger partial charge on any atom is 0.323 e. The maximum atomic E-state index is 11.3. The molecule has 0 saturated carbocycles. The van der Waals surface area contributed by atoms with E-state index in [9.17, 15) is 4.79 Å². The average molecular weight is 265 g/mol. The zero-order chi connectivity index (χ0) is 14.1. The van der Waals surface area contributed by atoms with E-state index in [0.29, 0.717) is 5.82 Å². The second-order valence-corrected chi connectivity index (χ2v) is 4.49. The first-order chi connectivity index (χ1) is 9.65. The average Bonchev–Trinajstić information content (AvgIpc) is 2.77. The lowest BCUT2D eigenvalue weighted by Gasteiger charge is -2.04. The van der Waals surface area contributed by atoms with Crippen LogP contribution in [0.2, 0.25) is 0 Å². The molecule has 0 unspecified atom stereocenters. The first-order valence-corrected chi connectivity index (χ1v) is 6.09. The SMILES string of the molecule is Cc1cc(-c2ccc3[nH]c(=O)[nH]c3c2)nc(CC#N)n1. The van der Waals surface area contributed by atoms with Crippen molar-refractivity contribution in [3.05, 3.63) is 46.3 Å². The smallest absolute Gasteiger partial charge is 0.306 e. The molecule has 2 N–H and O–H groups in total. The monoisotopic (exact) mass is 265 g/mol. The lowest BCUT2D eigenvalue weighted by Crippen LogP contribution is -1.99. The second-order valence-electron chi connectivity index (χ2n) is 4.49. The Hall–Kier alpha value is -2.94. The third kappa shape index (κ3) is 2.17. The summed E-state index contributed by atoms with van der Waals surface area (Å²) >= 11 is 0. The Bertz CT molecular complexity index is 884. The Morgan fingerprint density at radius 2 is 2.00 bits per heavy atom. The molecule has 0 aliphatic carbocycles. The van der Waals surface area contributed by atoms with E-state index in [-0.39, 0.29) is 12.1 Å². The van der Waals surface area contributed by atoms with Crippen LogP contribution in [0.1, 0.15) is 11.5 Å². The Kier molecular flexibility index (Phi) is 2.80. The molecule has 0 aliphatic rings. The van der Waals surface area contributed by atoms with E-state index in [1.807, 2.05) is 37.3 Å². The number of imidazole rings is 1. The van der Waals surface area contributed by atoms with Crippen molar-refractivity contribution >= 4 is 11.0 Å². The number of H-pyrrole nitrogens is 2. The number of aromatic nitrogens is 4. The predicted molar refractivity (Wildman–Crippen MR) is 74.0 cm³/mol. The van der Waals surface area contributed by atoms with Gasteiger partial charge in [-0.05, 0) is 25.1 Å². The van der Waals surface area contributed by atoms with E-state index >= 15 is 0 Å². The molecular weight excluding hydrogens is 254 g/mol. The van der Waals surface area contributed by atoms with Crippen LogP contribution < -0.4 is 5.69 Å². The summed E-state index contributed by atoms with van der Waals surface area (Å²) in [4.78, 5) is 25.3. The van der Waals surface area contributed by atoms with E-state index in [1.54, 1.807) is 0 Å². The molecule has 0 saturated heterocycles. The first kappa shape index (κ1) is 12.1. The number of fused-ring (bicyclic) bond motifs is 1. The highest BCUT2D eigenvalue weighted by Gasteiger charge is 2.06. The Morgan fingerprint density at radius 1 is 1.20 bits per heavy atom. The summed E-state index contributed by atoms with van der Waals surface area (Å²) < 4.78 is 0. The summed E-state index contributed by atoms with van der Waals surface area (Å²) in [6.45, 7) is 1.86. The van der Waals surface area contributed by atoms with Crippen LogP contribution in [0, 0.1) is 18.3 Å². The van der Waals surface area contributed by atoms with Crippen LogP contribution in [0.5, 0.6) is 0 Å². The summed E-state index contributed by atoms with van der Waals surface area (Å²) in [6, 6.07) is 9.45.